The Hall–Kier alpha value is 0.137. The van der Waals surface area contributed by atoms with Crippen molar-refractivity contribution in [3.05, 3.63) is 0 Å². The van der Waals surface area contributed by atoms with Crippen molar-refractivity contribution in [2.24, 2.45) is 0 Å². The van der Waals surface area contributed by atoms with Crippen molar-refractivity contribution in [1.82, 2.24) is 0 Å². The van der Waals surface area contributed by atoms with Crippen LogP contribution in [-0.2, 0) is 4.43 Å². The predicted molar refractivity (Wildman–Crippen MR) is 68.7 cm³/mol. The highest BCUT2D eigenvalue weighted by atomic mass is 28.4. The zero-order valence-corrected chi connectivity index (χ0v) is 11.7. The topological polar surface area (TPSA) is 29.5 Å². The molecule has 2 nitrogen and oxygen atoms in total. The molecule has 0 fully saturated rings. The highest BCUT2D eigenvalue weighted by molar-refractivity contribution is 6.72. The van der Waals surface area contributed by atoms with E-state index in [1.165, 1.54) is 44.6 Å². The monoisotopic (exact) mass is 232 g/mol. The number of rotatable bonds is 10. The Morgan fingerprint density at radius 2 is 1.60 bits per heavy atom. The van der Waals surface area contributed by atoms with Crippen LogP contribution in [0.3, 0.4) is 0 Å². The molecule has 0 spiro atoms. The van der Waals surface area contributed by atoms with Crippen molar-refractivity contribution in [1.29, 1.82) is 0 Å². The maximum Gasteiger partial charge on any atom is 0.191 e. The predicted octanol–water partition coefficient (Wildman–Crippen LogP) is 3.56. The molecule has 0 aromatic rings. The van der Waals surface area contributed by atoms with Crippen molar-refractivity contribution < 1.29 is 9.53 Å². The molecule has 0 aliphatic carbocycles. The quantitative estimate of drug-likeness (QED) is 0.461. The first-order chi connectivity index (χ1) is 7.18. The minimum absolute atomic E-state index is 0.284. The maximum atomic E-state index is 8.96. The molecule has 0 aliphatic heterocycles. The average Bonchev–Trinajstić information content (AvgIpc) is 2.24. The van der Waals surface area contributed by atoms with Crippen LogP contribution in [0.5, 0.6) is 0 Å². The second-order valence-corrected chi connectivity index (χ2v) is 8.95. The fourth-order valence-corrected chi connectivity index (χ4v) is 3.97. The van der Waals surface area contributed by atoms with Crippen LogP contribution in [0, 0.1) is 0 Å². The highest BCUT2D eigenvalue weighted by Gasteiger charge is 2.25. The van der Waals surface area contributed by atoms with E-state index in [0.29, 0.717) is 0 Å². The van der Waals surface area contributed by atoms with E-state index in [9.17, 15) is 0 Å². The smallest absolute Gasteiger partial charge is 0.191 e. The summed E-state index contributed by atoms with van der Waals surface area (Å²) in [4.78, 5) is 0. The number of aliphatic hydroxyl groups is 1. The van der Waals surface area contributed by atoms with Crippen molar-refractivity contribution in [2.45, 2.75) is 64.1 Å². The largest absolute Gasteiger partial charge is 0.420 e. The van der Waals surface area contributed by atoms with Crippen LogP contribution in [0.25, 0.3) is 0 Å². The van der Waals surface area contributed by atoms with E-state index in [2.05, 4.69) is 13.5 Å². The summed E-state index contributed by atoms with van der Waals surface area (Å²) >= 11 is 0. The summed E-state index contributed by atoms with van der Waals surface area (Å²) in [5.41, 5.74) is 0. The van der Waals surface area contributed by atoms with Crippen LogP contribution < -0.4 is 0 Å². The SMILES string of the molecule is CCCCCCCC[Si](C)(CCO)OC. The molecule has 0 aromatic heterocycles. The number of aliphatic hydroxyl groups excluding tert-OH is 1. The van der Waals surface area contributed by atoms with Gasteiger partial charge in [-0.25, -0.2) is 0 Å². The Bertz CT molecular complexity index is 142. The first-order valence-corrected chi connectivity index (χ1v) is 9.17. The summed E-state index contributed by atoms with van der Waals surface area (Å²) in [6.07, 6.45) is 8.03. The fraction of sp³-hybridized carbons (Fsp3) is 1.00. The van der Waals surface area contributed by atoms with Crippen molar-refractivity contribution >= 4 is 8.32 Å². The summed E-state index contributed by atoms with van der Waals surface area (Å²) in [6.45, 7) is 4.76. The van der Waals surface area contributed by atoms with Crippen molar-refractivity contribution in [3.8, 4) is 0 Å². The molecule has 15 heavy (non-hydrogen) atoms. The van der Waals surface area contributed by atoms with Gasteiger partial charge in [0.1, 0.15) is 0 Å². The van der Waals surface area contributed by atoms with E-state index in [0.717, 1.165) is 6.04 Å². The molecule has 0 bridgehead atoms. The standard InChI is InChI=1S/C12H28O2Si/c1-4-5-6-7-8-9-11-15(3,14-2)12-10-13/h13H,4-12H2,1-3H3. The lowest BCUT2D eigenvalue weighted by atomic mass is 10.1. The number of unbranched alkanes of at least 4 members (excludes halogenated alkanes) is 5. The minimum atomic E-state index is -1.54. The molecule has 0 saturated heterocycles. The molecule has 1 unspecified atom stereocenters. The van der Waals surface area contributed by atoms with Crippen LogP contribution in [0.2, 0.25) is 18.6 Å². The summed E-state index contributed by atoms with van der Waals surface area (Å²) in [7, 11) is 0.263. The van der Waals surface area contributed by atoms with E-state index in [1.807, 2.05) is 0 Å². The van der Waals surface area contributed by atoms with Crippen LogP contribution in [-0.4, -0.2) is 27.1 Å². The van der Waals surface area contributed by atoms with Crippen LogP contribution >= 0.6 is 0 Å². The lowest BCUT2D eigenvalue weighted by Gasteiger charge is -2.24. The molecule has 0 aliphatic rings. The molecular weight excluding hydrogens is 204 g/mol. The Kier molecular flexibility index (Phi) is 9.45. The summed E-state index contributed by atoms with van der Waals surface area (Å²) in [5, 5.41) is 8.96. The van der Waals surface area contributed by atoms with Crippen LogP contribution in [0.1, 0.15) is 45.4 Å². The third-order valence-corrected chi connectivity index (χ3v) is 6.87. The molecule has 1 N–H and O–H groups in total. The van der Waals surface area contributed by atoms with Crippen molar-refractivity contribution in [3.63, 3.8) is 0 Å². The molecule has 0 rings (SSSR count). The minimum Gasteiger partial charge on any atom is -0.420 e. The third kappa shape index (κ3) is 8.00. The van der Waals surface area contributed by atoms with Crippen molar-refractivity contribution in [2.75, 3.05) is 13.7 Å². The van der Waals surface area contributed by atoms with E-state index in [1.54, 1.807) is 7.11 Å². The lowest BCUT2D eigenvalue weighted by Crippen LogP contribution is -2.33. The molecule has 1 atom stereocenters. The van der Waals surface area contributed by atoms with Gasteiger partial charge >= 0.3 is 0 Å². The summed E-state index contributed by atoms with van der Waals surface area (Å²) < 4.78 is 5.58. The molecule has 3 heteroatoms. The first-order valence-electron chi connectivity index (χ1n) is 6.34. The summed E-state index contributed by atoms with van der Waals surface area (Å²) in [6, 6.07) is 2.09. The molecule has 0 radical (unpaired) electrons. The van der Waals surface area contributed by atoms with Gasteiger partial charge in [-0.1, -0.05) is 45.4 Å². The average molecular weight is 232 g/mol. The zero-order valence-electron chi connectivity index (χ0n) is 10.7. The Labute approximate surface area is 96.2 Å². The van der Waals surface area contributed by atoms with Gasteiger partial charge in [-0.05, 0) is 18.6 Å². The van der Waals surface area contributed by atoms with Gasteiger partial charge in [-0.15, -0.1) is 0 Å². The molecule has 0 saturated carbocycles. The zero-order chi connectivity index (χ0) is 11.6. The van der Waals surface area contributed by atoms with E-state index in [4.69, 9.17) is 9.53 Å². The lowest BCUT2D eigenvalue weighted by molar-refractivity contribution is 0.301. The second kappa shape index (κ2) is 9.37. The highest BCUT2D eigenvalue weighted by Crippen LogP contribution is 2.20. The van der Waals surface area contributed by atoms with Gasteiger partial charge in [0.15, 0.2) is 8.32 Å². The Morgan fingerprint density at radius 3 is 2.13 bits per heavy atom. The van der Waals surface area contributed by atoms with Gasteiger partial charge < -0.3 is 9.53 Å². The fourth-order valence-electron chi connectivity index (χ4n) is 1.84. The Morgan fingerprint density at radius 1 is 1.00 bits per heavy atom. The molecule has 92 valence electrons. The van der Waals surface area contributed by atoms with Crippen LogP contribution in [0.4, 0.5) is 0 Å². The number of hydrogen-bond acceptors (Lipinski definition) is 2. The normalized spacial score (nSPS) is 15.2. The molecule has 0 heterocycles. The van der Waals surface area contributed by atoms with Gasteiger partial charge in [0, 0.05) is 13.7 Å². The maximum absolute atomic E-state index is 8.96. The molecule has 0 amide bonds. The van der Waals surface area contributed by atoms with E-state index < -0.39 is 8.32 Å². The summed E-state index contributed by atoms with van der Waals surface area (Å²) in [5.74, 6) is 0. The van der Waals surface area contributed by atoms with Gasteiger partial charge in [-0.3, -0.25) is 0 Å². The van der Waals surface area contributed by atoms with Gasteiger partial charge in [0.2, 0.25) is 0 Å². The van der Waals surface area contributed by atoms with Gasteiger partial charge in [0.05, 0.1) is 0 Å². The molecular formula is C12H28O2Si. The van der Waals surface area contributed by atoms with Crippen LogP contribution in [0.15, 0.2) is 0 Å². The van der Waals surface area contributed by atoms with E-state index in [-0.39, 0.29) is 6.61 Å². The van der Waals surface area contributed by atoms with Gasteiger partial charge in [0.25, 0.3) is 0 Å². The molecule has 0 aromatic carbocycles. The second-order valence-electron chi connectivity index (χ2n) is 4.65. The third-order valence-electron chi connectivity index (χ3n) is 3.19. The van der Waals surface area contributed by atoms with Gasteiger partial charge in [-0.2, -0.15) is 0 Å². The Balaban J connectivity index is 3.46. The first kappa shape index (κ1) is 15.1. The number of hydrogen-bond donors (Lipinski definition) is 1. The van der Waals surface area contributed by atoms with E-state index >= 15 is 0 Å².